The van der Waals surface area contributed by atoms with Gasteiger partial charge in [-0.3, -0.25) is 4.79 Å². The van der Waals surface area contributed by atoms with Crippen LogP contribution in [-0.2, 0) is 4.74 Å². The molecule has 4 aromatic carbocycles. The van der Waals surface area contributed by atoms with Gasteiger partial charge in [-0.1, -0.05) is 96.7 Å². The summed E-state index contributed by atoms with van der Waals surface area (Å²) in [7, 11) is 0. The topological polar surface area (TPSA) is 67.2 Å². The Morgan fingerprint density at radius 2 is 1.30 bits per heavy atom. The van der Waals surface area contributed by atoms with E-state index in [0.29, 0.717) is 27.1 Å². The molecule has 4 nitrogen and oxygen atoms in total. The SMILES string of the molecule is N#Cc1ccccc1Sc1ccccc1C(=O)OC(C(=O)c1ccccc1)c1ccccc1. The molecule has 0 saturated heterocycles. The van der Waals surface area contributed by atoms with Crippen LogP contribution in [0.15, 0.2) is 119 Å². The molecule has 33 heavy (non-hydrogen) atoms. The quantitative estimate of drug-likeness (QED) is 0.238. The van der Waals surface area contributed by atoms with Gasteiger partial charge in [0.15, 0.2) is 6.10 Å². The van der Waals surface area contributed by atoms with Gasteiger partial charge in [0.2, 0.25) is 5.78 Å². The van der Waals surface area contributed by atoms with Crippen LogP contribution in [-0.4, -0.2) is 11.8 Å². The number of esters is 1. The van der Waals surface area contributed by atoms with E-state index < -0.39 is 12.1 Å². The summed E-state index contributed by atoms with van der Waals surface area (Å²) in [5, 5.41) is 9.40. The van der Waals surface area contributed by atoms with Crippen molar-refractivity contribution in [1.82, 2.24) is 0 Å². The lowest BCUT2D eigenvalue weighted by molar-refractivity contribution is 0.0276. The summed E-state index contributed by atoms with van der Waals surface area (Å²) < 4.78 is 5.81. The molecule has 0 aromatic heterocycles. The summed E-state index contributed by atoms with van der Waals surface area (Å²) in [6.07, 6.45) is -1.08. The van der Waals surface area contributed by atoms with Crippen LogP contribution in [0.2, 0.25) is 0 Å². The molecule has 0 bridgehead atoms. The molecule has 0 amide bonds. The van der Waals surface area contributed by atoms with E-state index in [-0.39, 0.29) is 5.78 Å². The average molecular weight is 450 g/mol. The Labute approximate surface area is 196 Å². The van der Waals surface area contributed by atoms with Crippen molar-refractivity contribution in [3.63, 3.8) is 0 Å². The van der Waals surface area contributed by atoms with E-state index in [9.17, 15) is 14.9 Å². The van der Waals surface area contributed by atoms with E-state index in [1.165, 1.54) is 11.8 Å². The smallest absolute Gasteiger partial charge is 0.340 e. The van der Waals surface area contributed by atoms with Gasteiger partial charge in [0.25, 0.3) is 0 Å². The van der Waals surface area contributed by atoms with Crippen LogP contribution in [0.25, 0.3) is 0 Å². The standard InChI is InChI=1S/C28H19NO3S/c29-19-22-15-7-9-17-24(22)33-25-18-10-8-16-23(25)28(31)32-27(21-13-5-2-6-14-21)26(30)20-11-3-1-4-12-20/h1-18,27H. The van der Waals surface area contributed by atoms with Crippen molar-refractivity contribution in [2.45, 2.75) is 15.9 Å². The Balaban J connectivity index is 1.66. The highest BCUT2D eigenvalue weighted by molar-refractivity contribution is 7.99. The van der Waals surface area contributed by atoms with Crippen molar-refractivity contribution in [2.24, 2.45) is 0 Å². The first kappa shape index (κ1) is 22.1. The second-order valence-electron chi connectivity index (χ2n) is 7.13. The fraction of sp³-hybridized carbons (Fsp3) is 0.0357. The Bertz CT molecular complexity index is 1310. The molecule has 0 heterocycles. The van der Waals surface area contributed by atoms with Crippen LogP contribution in [0.4, 0.5) is 0 Å². The predicted molar refractivity (Wildman–Crippen MR) is 127 cm³/mol. The number of benzene rings is 4. The summed E-state index contributed by atoms with van der Waals surface area (Å²) >= 11 is 1.31. The van der Waals surface area contributed by atoms with Crippen LogP contribution in [0.3, 0.4) is 0 Å². The van der Waals surface area contributed by atoms with E-state index in [4.69, 9.17) is 4.74 Å². The van der Waals surface area contributed by atoms with Gasteiger partial charge in [-0.15, -0.1) is 0 Å². The van der Waals surface area contributed by atoms with Gasteiger partial charge in [0, 0.05) is 20.9 Å². The molecule has 1 unspecified atom stereocenters. The molecule has 4 rings (SSSR count). The van der Waals surface area contributed by atoms with Crippen molar-refractivity contribution >= 4 is 23.5 Å². The van der Waals surface area contributed by atoms with E-state index in [0.717, 1.165) is 4.90 Å². The highest BCUT2D eigenvalue weighted by Crippen LogP contribution is 2.34. The van der Waals surface area contributed by atoms with Crippen molar-refractivity contribution in [1.29, 1.82) is 5.26 Å². The summed E-state index contributed by atoms with van der Waals surface area (Å²) in [4.78, 5) is 27.9. The molecular weight excluding hydrogens is 430 g/mol. The molecule has 0 spiro atoms. The predicted octanol–water partition coefficient (Wildman–Crippen LogP) is 6.49. The van der Waals surface area contributed by atoms with Gasteiger partial charge in [-0.05, 0) is 24.3 Å². The summed E-state index contributed by atoms with van der Waals surface area (Å²) in [5.74, 6) is -0.902. The van der Waals surface area contributed by atoms with Crippen LogP contribution < -0.4 is 0 Å². The first-order valence-electron chi connectivity index (χ1n) is 10.3. The van der Waals surface area contributed by atoms with Gasteiger partial charge in [-0.25, -0.2) is 4.79 Å². The lowest BCUT2D eigenvalue weighted by Gasteiger charge is -2.18. The Morgan fingerprint density at radius 3 is 2.00 bits per heavy atom. The molecule has 0 fully saturated rings. The largest absolute Gasteiger partial charge is 0.445 e. The number of carbonyl (C=O) groups is 2. The Morgan fingerprint density at radius 1 is 0.727 bits per heavy atom. The fourth-order valence-electron chi connectivity index (χ4n) is 3.32. The Hall–Kier alpha value is -4.14. The van der Waals surface area contributed by atoms with Crippen molar-refractivity contribution in [3.05, 3.63) is 131 Å². The van der Waals surface area contributed by atoms with Crippen molar-refractivity contribution < 1.29 is 14.3 Å². The van der Waals surface area contributed by atoms with Crippen LogP contribution in [0.1, 0.15) is 37.9 Å². The molecule has 0 saturated carbocycles. The van der Waals surface area contributed by atoms with Gasteiger partial charge >= 0.3 is 5.97 Å². The van der Waals surface area contributed by atoms with Crippen LogP contribution in [0.5, 0.6) is 0 Å². The minimum atomic E-state index is -1.08. The van der Waals surface area contributed by atoms with E-state index in [2.05, 4.69) is 6.07 Å². The third kappa shape index (κ3) is 5.20. The molecular formula is C28H19NO3S. The van der Waals surface area contributed by atoms with E-state index in [1.807, 2.05) is 30.3 Å². The molecule has 0 aliphatic heterocycles. The monoisotopic (exact) mass is 449 g/mol. The number of carbonyl (C=O) groups excluding carboxylic acids is 2. The third-order valence-corrected chi connectivity index (χ3v) is 6.11. The summed E-state index contributed by atoms with van der Waals surface area (Å²) in [6, 6.07) is 34.1. The molecule has 0 radical (unpaired) electrons. The maximum Gasteiger partial charge on any atom is 0.340 e. The lowest BCUT2D eigenvalue weighted by atomic mass is 10.00. The summed E-state index contributed by atoms with van der Waals surface area (Å²) in [5.41, 5.74) is 1.91. The number of ether oxygens (including phenoxy) is 1. The van der Waals surface area contributed by atoms with Crippen molar-refractivity contribution in [3.8, 4) is 6.07 Å². The highest BCUT2D eigenvalue weighted by Gasteiger charge is 2.27. The zero-order chi connectivity index (χ0) is 23.0. The lowest BCUT2D eigenvalue weighted by Crippen LogP contribution is -2.20. The molecule has 0 N–H and O–H groups in total. The number of hydrogen-bond donors (Lipinski definition) is 0. The summed E-state index contributed by atoms with van der Waals surface area (Å²) in [6.45, 7) is 0. The van der Waals surface area contributed by atoms with Gasteiger partial charge in [0.05, 0.1) is 11.1 Å². The molecule has 4 aromatic rings. The molecule has 5 heteroatoms. The highest BCUT2D eigenvalue weighted by atomic mass is 32.2. The normalized spacial score (nSPS) is 11.2. The number of hydrogen-bond acceptors (Lipinski definition) is 5. The molecule has 160 valence electrons. The molecule has 0 aliphatic rings. The first-order chi connectivity index (χ1) is 16.2. The first-order valence-corrected chi connectivity index (χ1v) is 11.1. The second kappa shape index (κ2) is 10.4. The number of nitriles is 1. The number of rotatable bonds is 7. The van der Waals surface area contributed by atoms with Gasteiger partial charge < -0.3 is 4.74 Å². The van der Waals surface area contributed by atoms with Gasteiger partial charge in [0.1, 0.15) is 6.07 Å². The minimum absolute atomic E-state index is 0.296. The minimum Gasteiger partial charge on any atom is -0.445 e. The third-order valence-electron chi connectivity index (χ3n) is 4.96. The maximum absolute atomic E-state index is 13.3. The second-order valence-corrected chi connectivity index (χ2v) is 8.22. The number of nitrogens with zero attached hydrogens (tertiary/aromatic N) is 1. The number of ketones is 1. The van der Waals surface area contributed by atoms with Crippen molar-refractivity contribution in [2.75, 3.05) is 0 Å². The molecule has 1 atom stereocenters. The zero-order valence-corrected chi connectivity index (χ0v) is 18.4. The van der Waals surface area contributed by atoms with Crippen LogP contribution in [0, 0.1) is 11.3 Å². The fourth-order valence-corrected chi connectivity index (χ4v) is 4.33. The zero-order valence-electron chi connectivity index (χ0n) is 17.5. The average Bonchev–Trinajstić information content (AvgIpc) is 2.88. The Kier molecular flexibility index (Phi) is 6.99. The molecule has 0 aliphatic carbocycles. The maximum atomic E-state index is 13.3. The van der Waals surface area contributed by atoms with Gasteiger partial charge in [-0.2, -0.15) is 5.26 Å². The van der Waals surface area contributed by atoms with E-state index >= 15 is 0 Å². The van der Waals surface area contributed by atoms with Crippen LogP contribution >= 0.6 is 11.8 Å². The van der Waals surface area contributed by atoms with E-state index in [1.54, 1.807) is 78.9 Å². The number of Topliss-reactive ketones (excluding diaryl/α,β-unsaturated/α-hetero) is 1.